The van der Waals surface area contributed by atoms with Gasteiger partial charge in [-0.1, -0.05) is 11.6 Å². The summed E-state index contributed by atoms with van der Waals surface area (Å²) in [6.45, 7) is 4.52. The third-order valence-corrected chi connectivity index (χ3v) is 4.50. The van der Waals surface area contributed by atoms with E-state index in [1.807, 2.05) is 6.07 Å². The Labute approximate surface area is 106 Å². The van der Waals surface area contributed by atoms with Crippen molar-refractivity contribution in [2.45, 2.75) is 38.3 Å². The highest BCUT2D eigenvalue weighted by atomic mass is 35.5. The first-order chi connectivity index (χ1) is 7.75. The highest BCUT2D eigenvalue weighted by Gasteiger charge is 2.16. The zero-order chi connectivity index (χ0) is 11.4. The van der Waals surface area contributed by atoms with Crippen LogP contribution in [0.1, 0.15) is 37.1 Å². The van der Waals surface area contributed by atoms with Gasteiger partial charge in [-0.15, -0.1) is 11.3 Å². The molecule has 1 saturated heterocycles. The Hall–Kier alpha value is -0.0900. The normalized spacial score (nSPS) is 24.0. The largest absolute Gasteiger partial charge is 0.317 e. The van der Waals surface area contributed by atoms with E-state index in [9.17, 15) is 0 Å². The number of thiophene rings is 1. The van der Waals surface area contributed by atoms with E-state index in [1.165, 1.54) is 24.1 Å². The minimum absolute atomic E-state index is 0.417. The molecule has 2 rings (SSSR count). The maximum Gasteiger partial charge on any atom is 0.0931 e. The quantitative estimate of drug-likeness (QED) is 0.870. The first-order valence-electron chi connectivity index (χ1n) is 5.97. The molecule has 1 aromatic rings. The molecular formula is C12H19ClN2S. The van der Waals surface area contributed by atoms with Crippen molar-refractivity contribution in [2.24, 2.45) is 0 Å². The number of nitrogens with one attached hydrogen (secondary N) is 2. The van der Waals surface area contributed by atoms with Gasteiger partial charge in [0.1, 0.15) is 0 Å². The zero-order valence-corrected chi connectivity index (χ0v) is 11.2. The van der Waals surface area contributed by atoms with Crippen LogP contribution >= 0.6 is 22.9 Å². The second-order valence-electron chi connectivity index (χ2n) is 4.41. The fraction of sp³-hybridized carbons (Fsp3) is 0.667. The van der Waals surface area contributed by atoms with Gasteiger partial charge in [-0.3, -0.25) is 0 Å². The van der Waals surface area contributed by atoms with Gasteiger partial charge in [0, 0.05) is 17.0 Å². The van der Waals surface area contributed by atoms with Crippen molar-refractivity contribution in [1.29, 1.82) is 0 Å². The lowest BCUT2D eigenvalue weighted by atomic mass is 10.1. The first-order valence-corrected chi connectivity index (χ1v) is 7.17. The highest BCUT2D eigenvalue weighted by Crippen LogP contribution is 2.27. The van der Waals surface area contributed by atoms with Crippen LogP contribution in [-0.4, -0.2) is 19.1 Å². The van der Waals surface area contributed by atoms with Crippen LogP contribution in [0.4, 0.5) is 0 Å². The standard InChI is InChI=1S/C12H19ClN2S/c1-9(11-4-5-12(13)16-11)15-10-3-2-7-14-8-6-10/h4-5,9-10,14-15H,2-3,6-8H2,1H3. The lowest BCUT2D eigenvalue weighted by Gasteiger charge is -2.20. The predicted molar refractivity (Wildman–Crippen MR) is 71.4 cm³/mol. The van der Waals surface area contributed by atoms with Gasteiger partial charge in [0.25, 0.3) is 0 Å². The van der Waals surface area contributed by atoms with E-state index in [1.54, 1.807) is 11.3 Å². The van der Waals surface area contributed by atoms with E-state index in [-0.39, 0.29) is 0 Å². The van der Waals surface area contributed by atoms with Gasteiger partial charge in [0.05, 0.1) is 4.34 Å². The Morgan fingerprint density at radius 2 is 2.31 bits per heavy atom. The molecule has 2 nitrogen and oxygen atoms in total. The minimum Gasteiger partial charge on any atom is -0.317 e. The summed E-state index contributed by atoms with van der Waals surface area (Å²) in [7, 11) is 0. The Kier molecular flexibility index (Phi) is 4.65. The molecule has 0 bridgehead atoms. The summed E-state index contributed by atoms with van der Waals surface area (Å²) in [4.78, 5) is 1.34. The number of halogens is 1. The number of hydrogen-bond donors (Lipinski definition) is 2. The lowest BCUT2D eigenvalue weighted by Crippen LogP contribution is -2.31. The lowest BCUT2D eigenvalue weighted by molar-refractivity contribution is 0.424. The summed E-state index contributed by atoms with van der Waals surface area (Å²) in [6, 6.07) is 5.17. The molecule has 4 heteroatoms. The van der Waals surface area contributed by atoms with Gasteiger partial charge < -0.3 is 10.6 Å². The molecule has 2 heterocycles. The molecule has 16 heavy (non-hydrogen) atoms. The Bertz CT molecular complexity index is 319. The van der Waals surface area contributed by atoms with Gasteiger partial charge in [0.2, 0.25) is 0 Å². The Morgan fingerprint density at radius 1 is 1.44 bits per heavy atom. The average molecular weight is 259 g/mol. The maximum atomic E-state index is 5.95. The molecule has 1 aliphatic heterocycles. The molecule has 1 fully saturated rings. The molecule has 2 unspecified atom stereocenters. The van der Waals surface area contributed by atoms with Crippen LogP contribution in [0, 0.1) is 0 Å². The van der Waals surface area contributed by atoms with Crippen LogP contribution in [0.25, 0.3) is 0 Å². The van der Waals surface area contributed by atoms with Crippen molar-refractivity contribution in [1.82, 2.24) is 10.6 Å². The molecule has 1 aromatic heterocycles. The zero-order valence-electron chi connectivity index (χ0n) is 9.63. The molecule has 2 N–H and O–H groups in total. The summed E-state index contributed by atoms with van der Waals surface area (Å²) in [5, 5.41) is 7.14. The second kappa shape index (κ2) is 6.01. The first kappa shape index (κ1) is 12.4. The molecule has 1 aliphatic rings. The van der Waals surface area contributed by atoms with Crippen LogP contribution in [0.15, 0.2) is 12.1 Å². The Morgan fingerprint density at radius 3 is 3.06 bits per heavy atom. The van der Waals surface area contributed by atoms with Crippen molar-refractivity contribution in [3.63, 3.8) is 0 Å². The summed E-state index contributed by atoms with van der Waals surface area (Å²) in [5.74, 6) is 0. The predicted octanol–water partition coefficient (Wildman–Crippen LogP) is 3.19. The van der Waals surface area contributed by atoms with E-state index in [2.05, 4.69) is 23.6 Å². The fourth-order valence-corrected chi connectivity index (χ4v) is 3.25. The van der Waals surface area contributed by atoms with E-state index < -0.39 is 0 Å². The van der Waals surface area contributed by atoms with Crippen LogP contribution in [-0.2, 0) is 0 Å². The second-order valence-corrected chi connectivity index (χ2v) is 6.15. The molecule has 0 amide bonds. The molecule has 0 saturated carbocycles. The van der Waals surface area contributed by atoms with E-state index in [0.29, 0.717) is 12.1 Å². The SMILES string of the molecule is CC(NC1CCCNCC1)c1ccc(Cl)s1. The van der Waals surface area contributed by atoms with Crippen molar-refractivity contribution in [3.05, 3.63) is 21.3 Å². The molecule has 90 valence electrons. The summed E-state index contributed by atoms with van der Waals surface area (Å²) >= 11 is 7.63. The molecule has 0 spiro atoms. The smallest absolute Gasteiger partial charge is 0.0931 e. The summed E-state index contributed by atoms with van der Waals surface area (Å²) in [5.41, 5.74) is 0. The van der Waals surface area contributed by atoms with Crippen LogP contribution in [0.2, 0.25) is 4.34 Å². The molecular weight excluding hydrogens is 240 g/mol. The van der Waals surface area contributed by atoms with E-state index in [4.69, 9.17) is 11.6 Å². The fourth-order valence-electron chi connectivity index (χ4n) is 2.18. The third-order valence-electron chi connectivity index (χ3n) is 3.08. The molecule has 0 aromatic carbocycles. The minimum atomic E-state index is 0.417. The molecule has 2 atom stereocenters. The van der Waals surface area contributed by atoms with Gasteiger partial charge in [-0.2, -0.15) is 0 Å². The maximum absolute atomic E-state index is 5.95. The van der Waals surface area contributed by atoms with Crippen LogP contribution in [0.5, 0.6) is 0 Å². The van der Waals surface area contributed by atoms with Crippen LogP contribution < -0.4 is 10.6 Å². The highest BCUT2D eigenvalue weighted by molar-refractivity contribution is 7.16. The van der Waals surface area contributed by atoms with Gasteiger partial charge >= 0.3 is 0 Å². The number of rotatable bonds is 3. The summed E-state index contributed by atoms with van der Waals surface area (Å²) < 4.78 is 0.881. The van der Waals surface area contributed by atoms with Crippen molar-refractivity contribution >= 4 is 22.9 Å². The number of hydrogen-bond acceptors (Lipinski definition) is 3. The van der Waals surface area contributed by atoms with Gasteiger partial charge in [-0.05, 0) is 51.4 Å². The third kappa shape index (κ3) is 3.45. The van der Waals surface area contributed by atoms with Crippen LogP contribution in [0.3, 0.4) is 0 Å². The molecule has 0 aliphatic carbocycles. The van der Waals surface area contributed by atoms with Gasteiger partial charge in [-0.25, -0.2) is 0 Å². The molecule has 0 radical (unpaired) electrons. The van der Waals surface area contributed by atoms with Crippen molar-refractivity contribution in [2.75, 3.05) is 13.1 Å². The van der Waals surface area contributed by atoms with E-state index in [0.717, 1.165) is 17.4 Å². The summed E-state index contributed by atoms with van der Waals surface area (Å²) in [6.07, 6.45) is 3.77. The van der Waals surface area contributed by atoms with Gasteiger partial charge in [0.15, 0.2) is 0 Å². The van der Waals surface area contributed by atoms with Crippen molar-refractivity contribution < 1.29 is 0 Å². The Balaban J connectivity index is 1.88. The van der Waals surface area contributed by atoms with Crippen molar-refractivity contribution in [3.8, 4) is 0 Å². The monoisotopic (exact) mass is 258 g/mol. The topological polar surface area (TPSA) is 24.1 Å². The average Bonchev–Trinajstić information content (AvgIpc) is 2.54. The van der Waals surface area contributed by atoms with E-state index >= 15 is 0 Å².